The number of aliphatic carboxylic acids is 1. The highest BCUT2D eigenvalue weighted by molar-refractivity contribution is 5.97. The molecule has 0 amide bonds. The van der Waals surface area contributed by atoms with Crippen molar-refractivity contribution in [3.8, 4) is 0 Å². The van der Waals surface area contributed by atoms with Crippen LogP contribution in [0.2, 0.25) is 0 Å². The number of rotatable bonds is 5. The first-order chi connectivity index (χ1) is 7.91. The fraction of sp³-hybridized carbons (Fsp3) is 0.385. The molecule has 92 valence electrons. The van der Waals surface area contributed by atoms with Crippen LogP contribution in [0, 0.1) is 11.7 Å². The van der Waals surface area contributed by atoms with E-state index in [1.54, 1.807) is 13.8 Å². The molecule has 0 aromatic heterocycles. The van der Waals surface area contributed by atoms with Gasteiger partial charge in [0, 0.05) is 12.3 Å². The molecule has 1 aromatic rings. The number of halogens is 1. The first-order valence-corrected chi connectivity index (χ1v) is 5.46. The van der Waals surface area contributed by atoms with Gasteiger partial charge in [0.05, 0.1) is 5.56 Å². The van der Waals surface area contributed by atoms with Crippen LogP contribution in [0.4, 0.5) is 4.39 Å². The van der Waals surface area contributed by atoms with E-state index in [0.29, 0.717) is 12.0 Å². The lowest BCUT2D eigenvalue weighted by Gasteiger charge is -2.07. The van der Waals surface area contributed by atoms with Gasteiger partial charge in [-0.15, -0.1) is 0 Å². The van der Waals surface area contributed by atoms with Crippen molar-refractivity contribution in [1.82, 2.24) is 0 Å². The van der Waals surface area contributed by atoms with Crippen molar-refractivity contribution in [3.05, 3.63) is 35.1 Å². The van der Waals surface area contributed by atoms with E-state index in [9.17, 15) is 14.0 Å². The number of carbonyl (C=O) groups excluding carboxylic acids is 1. The smallest absolute Gasteiger partial charge is 0.303 e. The molecule has 0 heterocycles. The third kappa shape index (κ3) is 3.66. The van der Waals surface area contributed by atoms with E-state index in [1.165, 1.54) is 18.2 Å². The minimum Gasteiger partial charge on any atom is -0.481 e. The number of carboxylic acid groups (broad SMARTS) is 1. The van der Waals surface area contributed by atoms with Crippen molar-refractivity contribution in [3.63, 3.8) is 0 Å². The minimum atomic E-state index is -0.911. The Morgan fingerprint density at radius 1 is 1.35 bits per heavy atom. The van der Waals surface area contributed by atoms with E-state index in [-0.39, 0.29) is 23.7 Å². The Hall–Kier alpha value is -1.71. The third-order valence-electron chi connectivity index (χ3n) is 2.45. The first kappa shape index (κ1) is 13.4. The predicted molar refractivity (Wildman–Crippen MR) is 61.5 cm³/mol. The predicted octanol–water partition coefficient (Wildman–Crippen LogP) is 2.68. The van der Waals surface area contributed by atoms with Crippen LogP contribution in [0.3, 0.4) is 0 Å². The van der Waals surface area contributed by atoms with Crippen LogP contribution in [0.25, 0.3) is 0 Å². The number of hydrogen-bond acceptors (Lipinski definition) is 2. The fourth-order valence-corrected chi connectivity index (χ4v) is 1.48. The van der Waals surface area contributed by atoms with E-state index >= 15 is 0 Å². The largest absolute Gasteiger partial charge is 0.481 e. The van der Waals surface area contributed by atoms with E-state index in [0.717, 1.165) is 0 Å². The summed E-state index contributed by atoms with van der Waals surface area (Å²) in [6.45, 7) is 3.40. The zero-order chi connectivity index (χ0) is 13.0. The summed E-state index contributed by atoms with van der Waals surface area (Å²) in [6.07, 6.45) is 0.273. The number of hydrogen-bond donors (Lipinski definition) is 1. The second-order valence-electron chi connectivity index (χ2n) is 4.23. The van der Waals surface area contributed by atoms with E-state index < -0.39 is 11.8 Å². The standard InChI is InChI=1S/C13H15FO3/c1-8(2)13(17)10-7-9(3-5-11(10)14)4-6-12(15)16/h3,5,7-8H,4,6H2,1-2H3,(H,15,16). The van der Waals surface area contributed by atoms with Crippen molar-refractivity contribution < 1.29 is 19.1 Å². The Labute approximate surface area is 99.3 Å². The van der Waals surface area contributed by atoms with Gasteiger partial charge in [0.2, 0.25) is 0 Å². The lowest BCUT2D eigenvalue weighted by molar-refractivity contribution is -0.136. The Balaban J connectivity index is 2.94. The van der Waals surface area contributed by atoms with Gasteiger partial charge in [-0.05, 0) is 24.1 Å². The van der Waals surface area contributed by atoms with Crippen LogP contribution in [0.5, 0.6) is 0 Å². The molecule has 3 nitrogen and oxygen atoms in total. The fourth-order valence-electron chi connectivity index (χ4n) is 1.48. The number of Topliss-reactive ketones (excluding diaryl/α,β-unsaturated/α-hetero) is 1. The second-order valence-corrected chi connectivity index (χ2v) is 4.23. The van der Waals surface area contributed by atoms with Gasteiger partial charge in [0.15, 0.2) is 5.78 Å². The molecule has 1 N–H and O–H groups in total. The van der Waals surface area contributed by atoms with Gasteiger partial charge in [0.25, 0.3) is 0 Å². The monoisotopic (exact) mass is 238 g/mol. The van der Waals surface area contributed by atoms with Crippen molar-refractivity contribution in [1.29, 1.82) is 0 Å². The molecule has 0 bridgehead atoms. The van der Waals surface area contributed by atoms with Crippen LogP contribution in [-0.4, -0.2) is 16.9 Å². The summed E-state index contributed by atoms with van der Waals surface area (Å²) in [7, 11) is 0. The van der Waals surface area contributed by atoms with Crippen molar-refractivity contribution in [2.24, 2.45) is 5.92 Å². The molecule has 0 radical (unpaired) electrons. The molecule has 0 aliphatic heterocycles. The van der Waals surface area contributed by atoms with Crippen molar-refractivity contribution >= 4 is 11.8 Å². The summed E-state index contributed by atoms with van der Waals surface area (Å²) < 4.78 is 13.4. The summed E-state index contributed by atoms with van der Waals surface area (Å²) in [4.78, 5) is 22.1. The van der Waals surface area contributed by atoms with Gasteiger partial charge >= 0.3 is 5.97 Å². The van der Waals surface area contributed by atoms with Crippen LogP contribution in [0.15, 0.2) is 18.2 Å². The number of carbonyl (C=O) groups is 2. The van der Waals surface area contributed by atoms with Crippen LogP contribution in [0.1, 0.15) is 36.2 Å². The Bertz CT molecular complexity index is 438. The summed E-state index contributed by atoms with van der Waals surface area (Å²) >= 11 is 0. The number of benzene rings is 1. The average Bonchev–Trinajstić information content (AvgIpc) is 2.26. The molecule has 0 spiro atoms. The topological polar surface area (TPSA) is 54.4 Å². The van der Waals surface area contributed by atoms with Crippen molar-refractivity contribution in [2.75, 3.05) is 0 Å². The lowest BCUT2D eigenvalue weighted by Crippen LogP contribution is -2.10. The molecule has 0 atom stereocenters. The zero-order valence-corrected chi connectivity index (χ0v) is 9.87. The van der Waals surface area contributed by atoms with Crippen LogP contribution < -0.4 is 0 Å². The number of ketones is 1. The van der Waals surface area contributed by atoms with Gasteiger partial charge in [-0.1, -0.05) is 19.9 Å². The number of aryl methyl sites for hydroxylation is 1. The van der Waals surface area contributed by atoms with E-state index in [2.05, 4.69) is 0 Å². The first-order valence-electron chi connectivity index (χ1n) is 5.46. The zero-order valence-electron chi connectivity index (χ0n) is 9.87. The summed E-state index contributed by atoms with van der Waals surface area (Å²) in [5.74, 6) is -2.01. The van der Waals surface area contributed by atoms with Gasteiger partial charge in [-0.2, -0.15) is 0 Å². The van der Waals surface area contributed by atoms with Gasteiger partial charge in [0.1, 0.15) is 5.82 Å². The normalized spacial score (nSPS) is 10.6. The Morgan fingerprint density at radius 2 is 2.00 bits per heavy atom. The Kier molecular flexibility index (Phi) is 4.37. The molecule has 0 aliphatic carbocycles. The molecule has 0 unspecified atom stereocenters. The molecule has 0 saturated heterocycles. The summed E-state index contributed by atoms with van der Waals surface area (Å²) in [6, 6.07) is 4.17. The summed E-state index contributed by atoms with van der Waals surface area (Å²) in [5, 5.41) is 8.56. The average molecular weight is 238 g/mol. The Morgan fingerprint density at radius 3 is 2.53 bits per heavy atom. The summed E-state index contributed by atoms with van der Waals surface area (Å²) in [5.41, 5.74) is 0.709. The molecule has 4 heteroatoms. The van der Waals surface area contributed by atoms with Crippen molar-refractivity contribution in [2.45, 2.75) is 26.7 Å². The van der Waals surface area contributed by atoms with E-state index in [4.69, 9.17) is 5.11 Å². The maximum Gasteiger partial charge on any atom is 0.303 e. The van der Waals surface area contributed by atoms with Gasteiger partial charge in [-0.3, -0.25) is 9.59 Å². The molecule has 0 saturated carbocycles. The van der Waals surface area contributed by atoms with Gasteiger partial charge in [-0.25, -0.2) is 4.39 Å². The SMILES string of the molecule is CC(C)C(=O)c1cc(CCC(=O)O)ccc1F. The number of carboxylic acids is 1. The maximum absolute atomic E-state index is 13.4. The molecule has 17 heavy (non-hydrogen) atoms. The quantitative estimate of drug-likeness (QED) is 0.802. The highest BCUT2D eigenvalue weighted by Gasteiger charge is 2.15. The second kappa shape index (κ2) is 5.57. The highest BCUT2D eigenvalue weighted by atomic mass is 19.1. The molecular formula is C13H15FO3. The molecular weight excluding hydrogens is 223 g/mol. The van der Waals surface area contributed by atoms with Crippen LogP contribution in [-0.2, 0) is 11.2 Å². The minimum absolute atomic E-state index is 0.0268. The molecule has 0 fully saturated rings. The van der Waals surface area contributed by atoms with Crippen LogP contribution >= 0.6 is 0 Å². The molecule has 1 rings (SSSR count). The molecule has 0 aliphatic rings. The highest BCUT2D eigenvalue weighted by Crippen LogP contribution is 2.16. The third-order valence-corrected chi connectivity index (χ3v) is 2.45. The van der Waals surface area contributed by atoms with E-state index in [1.807, 2.05) is 0 Å². The maximum atomic E-state index is 13.4. The van der Waals surface area contributed by atoms with Gasteiger partial charge < -0.3 is 5.11 Å². The lowest BCUT2D eigenvalue weighted by atomic mass is 9.97. The molecule has 1 aromatic carbocycles.